The number of H-pyrrole nitrogens is 2. The zero-order valence-electron chi connectivity index (χ0n) is 19.4. The molecule has 4 rings (SSSR count). The normalized spacial score (nSPS) is 18.0. The molecule has 12 heteroatoms. The van der Waals surface area contributed by atoms with Crippen molar-refractivity contribution in [3.63, 3.8) is 0 Å². The summed E-state index contributed by atoms with van der Waals surface area (Å²) in [5, 5.41) is 19.1. The van der Waals surface area contributed by atoms with E-state index in [2.05, 4.69) is 30.4 Å². The number of aliphatic hydroxyl groups is 1. The van der Waals surface area contributed by atoms with Crippen molar-refractivity contribution in [1.29, 1.82) is 0 Å². The van der Waals surface area contributed by atoms with Gasteiger partial charge in [0.25, 0.3) is 5.91 Å². The number of aromatic amines is 2. The molecule has 1 fully saturated rings. The Morgan fingerprint density at radius 3 is 2.77 bits per heavy atom. The number of pyridine rings is 1. The molecule has 0 aliphatic carbocycles. The molecule has 3 aromatic heterocycles. The van der Waals surface area contributed by atoms with Crippen LogP contribution in [-0.4, -0.2) is 74.4 Å². The Hall–Kier alpha value is -3.38. The zero-order chi connectivity index (χ0) is 25.2. The van der Waals surface area contributed by atoms with Crippen molar-refractivity contribution in [1.82, 2.24) is 30.4 Å². The monoisotopic (exact) mass is 491 g/mol. The summed E-state index contributed by atoms with van der Waals surface area (Å²) in [5.74, 6) is 0.245. The minimum absolute atomic E-state index is 0.0534. The van der Waals surface area contributed by atoms with E-state index in [1.165, 1.54) is 6.07 Å². The van der Waals surface area contributed by atoms with Crippen LogP contribution in [0.3, 0.4) is 0 Å². The van der Waals surface area contributed by atoms with Crippen LogP contribution >= 0.6 is 0 Å². The van der Waals surface area contributed by atoms with Gasteiger partial charge in [-0.1, -0.05) is 0 Å². The summed E-state index contributed by atoms with van der Waals surface area (Å²) in [5.41, 5.74) is 2.05. The van der Waals surface area contributed by atoms with Crippen molar-refractivity contribution in [2.45, 2.75) is 38.7 Å². The second-order valence-corrected chi connectivity index (χ2v) is 8.80. The molecule has 4 N–H and O–H groups in total. The summed E-state index contributed by atoms with van der Waals surface area (Å²) >= 11 is 0. The van der Waals surface area contributed by atoms with Gasteiger partial charge in [0.05, 0.1) is 23.4 Å². The van der Waals surface area contributed by atoms with Crippen LogP contribution < -0.4 is 10.2 Å². The third-order valence-corrected chi connectivity index (χ3v) is 6.05. The van der Waals surface area contributed by atoms with E-state index in [1.807, 2.05) is 18.0 Å². The predicted octanol–water partition coefficient (Wildman–Crippen LogP) is 2.64. The molecule has 2 unspecified atom stereocenters. The summed E-state index contributed by atoms with van der Waals surface area (Å²) in [4.78, 5) is 23.7. The van der Waals surface area contributed by atoms with Gasteiger partial charge >= 0.3 is 6.18 Å². The van der Waals surface area contributed by atoms with Crippen molar-refractivity contribution >= 4 is 11.7 Å². The SMILES string of the molecule is CC(CO)NC(=O)c1c[nH]c(-c2n[nH]cc2CN2CCN(c3ccc(C(F)(F)F)cn3)C(C)C2)c1. The molecule has 0 spiro atoms. The summed E-state index contributed by atoms with van der Waals surface area (Å²) in [6, 6.07) is 3.91. The first kappa shape index (κ1) is 24.7. The molecule has 9 nitrogen and oxygen atoms in total. The number of hydrogen-bond acceptors (Lipinski definition) is 6. The van der Waals surface area contributed by atoms with E-state index in [4.69, 9.17) is 5.11 Å². The summed E-state index contributed by atoms with van der Waals surface area (Å²) in [6.07, 6.45) is -0.107. The molecule has 4 heterocycles. The lowest BCUT2D eigenvalue weighted by molar-refractivity contribution is -0.137. The van der Waals surface area contributed by atoms with Gasteiger partial charge in [0.2, 0.25) is 0 Å². The number of halogens is 3. The minimum atomic E-state index is -4.40. The van der Waals surface area contributed by atoms with E-state index in [0.717, 1.165) is 17.8 Å². The molecule has 2 atom stereocenters. The second kappa shape index (κ2) is 10.1. The van der Waals surface area contributed by atoms with Gasteiger partial charge in [-0.2, -0.15) is 18.3 Å². The number of aliphatic hydroxyl groups excluding tert-OH is 1. The van der Waals surface area contributed by atoms with Crippen molar-refractivity contribution in [3.8, 4) is 11.4 Å². The molecule has 35 heavy (non-hydrogen) atoms. The molecule has 0 saturated carbocycles. The third kappa shape index (κ3) is 5.65. The van der Waals surface area contributed by atoms with Gasteiger partial charge in [0.1, 0.15) is 11.5 Å². The van der Waals surface area contributed by atoms with Gasteiger partial charge in [0, 0.05) is 62.4 Å². The van der Waals surface area contributed by atoms with Crippen LogP contribution in [0.25, 0.3) is 11.4 Å². The van der Waals surface area contributed by atoms with Gasteiger partial charge in [-0.15, -0.1) is 0 Å². The fourth-order valence-corrected chi connectivity index (χ4v) is 4.17. The minimum Gasteiger partial charge on any atom is -0.394 e. The van der Waals surface area contributed by atoms with Crippen LogP contribution in [0.5, 0.6) is 0 Å². The van der Waals surface area contributed by atoms with E-state index < -0.39 is 11.7 Å². The lowest BCUT2D eigenvalue weighted by Gasteiger charge is -2.40. The smallest absolute Gasteiger partial charge is 0.394 e. The van der Waals surface area contributed by atoms with Gasteiger partial charge in [0.15, 0.2) is 0 Å². The van der Waals surface area contributed by atoms with Crippen LogP contribution in [0.15, 0.2) is 36.8 Å². The fourth-order valence-electron chi connectivity index (χ4n) is 4.17. The average molecular weight is 492 g/mol. The van der Waals surface area contributed by atoms with Crippen molar-refractivity contribution in [2.75, 3.05) is 31.1 Å². The maximum atomic E-state index is 12.8. The number of rotatable bonds is 7. The first-order valence-electron chi connectivity index (χ1n) is 11.3. The third-order valence-electron chi connectivity index (χ3n) is 6.05. The molecule has 188 valence electrons. The topological polar surface area (TPSA) is 113 Å². The van der Waals surface area contributed by atoms with E-state index >= 15 is 0 Å². The van der Waals surface area contributed by atoms with Crippen molar-refractivity contribution < 1.29 is 23.1 Å². The number of nitrogens with zero attached hydrogens (tertiary/aromatic N) is 4. The maximum absolute atomic E-state index is 12.8. The molecule has 1 aliphatic rings. The fraction of sp³-hybridized carbons (Fsp3) is 0.435. The summed E-state index contributed by atoms with van der Waals surface area (Å²) in [7, 11) is 0. The number of carbonyl (C=O) groups is 1. The standard InChI is InChI=1S/C23H28F3N7O2/c1-14(13-34)30-22(35)16-7-19(27-8-16)21-17(9-29-31-21)12-32-5-6-33(15(2)11-32)20-4-3-18(10-28-20)23(24,25)26/h3-4,7-10,14-15,27,34H,5-6,11-13H2,1-2H3,(H,29,31)(H,30,35). The number of aromatic nitrogens is 4. The van der Waals surface area contributed by atoms with Crippen LogP contribution in [0, 0.1) is 0 Å². The van der Waals surface area contributed by atoms with Crippen LogP contribution in [0.2, 0.25) is 0 Å². The number of amides is 1. The number of piperazine rings is 1. The Morgan fingerprint density at radius 1 is 1.31 bits per heavy atom. The highest BCUT2D eigenvalue weighted by molar-refractivity contribution is 5.95. The second-order valence-electron chi connectivity index (χ2n) is 8.80. The van der Waals surface area contributed by atoms with Crippen molar-refractivity contribution in [2.24, 2.45) is 0 Å². The number of carbonyl (C=O) groups excluding carboxylic acids is 1. The first-order chi connectivity index (χ1) is 16.7. The molecule has 1 aliphatic heterocycles. The summed E-state index contributed by atoms with van der Waals surface area (Å²) in [6.45, 7) is 6.23. The lowest BCUT2D eigenvalue weighted by Crippen LogP contribution is -2.51. The molecule has 1 amide bonds. The van der Waals surface area contributed by atoms with Crippen molar-refractivity contribution in [3.05, 3.63) is 53.5 Å². The van der Waals surface area contributed by atoms with E-state index in [1.54, 1.807) is 19.2 Å². The number of anilines is 1. The van der Waals surface area contributed by atoms with E-state index in [9.17, 15) is 18.0 Å². The number of nitrogens with one attached hydrogen (secondary N) is 3. The highest BCUT2D eigenvalue weighted by Gasteiger charge is 2.32. The molecular weight excluding hydrogens is 463 g/mol. The van der Waals surface area contributed by atoms with Crippen LogP contribution in [-0.2, 0) is 12.7 Å². The largest absolute Gasteiger partial charge is 0.417 e. The molecular formula is C23H28F3N7O2. The Bertz CT molecular complexity index is 1140. The van der Waals surface area contributed by atoms with Gasteiger partial charge in [-0.3, -0.25) is 14.8 Å². The van der Waals surface area contributed by atoms with Gasteiger partial charge < -0.3 is 20.3 Å². The van der Waals surface area contributed by atoms with E-state index in [-0.39, 0.29) is 24.6 Å². The predicted molar refractivity (Wildman–Crippen MR) is 124 cm³/mol. The highest BCUT2D eigenvalue weighted by Crippen LogP contribution is 2.30. The average Bonchev–Trinajstić information content (AvgIpc) is 3.48. The first-order valence-corrected chi connectivity index (χ1v) is 11.3. The Kier molecular flexibility index (Phi) is 7.13. The highest BCUT2D eigenvalue weighted by atomic mass is 19.4. The Balaban J connectivity index is 1.39. The molecule has 0 bridgehead atoms. The Labute approximate surface area is 200 Å². The van der Waals surface area contributed by atoms with E-state index in [0.29, 0.717) is 48.9 Å². The number of hydrogen-bond donors (Lipinski definition) is 4. The molecule has 0 radical (unpaired) electrons. The lowest BCUT2D eigenvalue weighted by atomic mass is 10.1. The van der Waals surface area contributed by atoms with Crippen LogP contribution in [0.4, 0.5) is 19.0 Å². The Morgan fingerprint density at radius 2 is 2.11 bits per heavy atom. The van der Waals surface area contributed by atoms with Gasteiger partial charge in [-0.25, -0.2) is 4.98 Å². The number of alkyl halides is 3. The quantitative estimate of drug-likeness (QED) is 0.404. The maximum Gasteiger partial charge on any atom is 0.417 e. The summed E-state index contributed by atoms with van der Waals surface area (Å²) < 4.78 is 38.5. The van der Waals surface area contributed by atoms with Gasteiger partial charge in [-0.05, 0) is 32.0 Å². The zero-order valence-corrected chi connectivity index (χ0v) is 19.4. The van der Waals surface area contributed by atoms with Crippen LogP contribution in [0.1, 0.15) is 35.3 Å². The molecule has 3 aromatic rings. The molecule has 1 saturated heterocycles. The molecule has 0 aromatic carbocycles.